The standard InChI is InChI=1S/C19H14N5O3/c20-14-10-12-21(13-11-14)18-16-8-4-5-9-17(16)22(15-6-2-1-3-7-15)23(25)19(18)24(26)27/h1-13,20H/q+1/p+1. The number of hydrogen-bond donors (Lipinski definition) is 1. The van der Waals surface area contributed by atoms with E-state index in [0.29, 0.717) is 26.8 Å². The summed E-state index contributed by atoms with van der Waals surface area (Å²) >= 11 is 0. The number of nitrogens with zero attached hydrogens (tertiary/aromatic N) is 4. The van der Waals surface area contributed by atoms with E-state index in [0.717, 1.165) is 0 Å². The number of para-hydroxylation sites is 2. The molecule has 0 bridgehead atoms. The predicted octanol–water partition coefficient (Wildman–Crippen LogP) is 2.31. The van der Waals surface area contributed by atoms with Crippen LogP contribution in [-0.4, -0.2) is 9.61 Å². The highest BCUT2D eigenvalue weighted by atomic mass is 16.6. The van der Waals surface area contributed by atoms with Gasteiger partial charge in [-0.25, -0.2) is 0 Å². The molecule has 0 unspecified atom stereocenters. The lowest BCUT2D eigenvalue weighted by Crippen LogP contribution is -2.40. The summed E-state index contributed by atoms with van der Waals surface area (Å²) in [5.74, 6) is -0.577. The molecule has 2 heterocycles. The molecule has 0 amide bonds. The molecule has 8 heteroatoms. The van der Waals surface area contributed by atoms with Crippen molar-refractivity contribution in [2.24, 2.45) is 0 Å². The van der Waals surface area contributed by atoms with Crippen LogP contribution in [0.25, 0.3) is 22.3 Å². The third-order valence-electron chi connectivity index (χ3n) is 4.25. The SMILES string of the molecule is Nc1cc[n+](-c2c([N+](=O)[O-])[n+](=O)n(-c3ccccc3)c3ccccc23)cc1. The Labute approximate surface area is 153 Å². The first-order chi connectivity index (χ1) is 13.1. The van der Waals surface area contributed by atoms with Crippen molar-refractivity contribution in [2.75, 3.05) is 5.73 Å². The average Bonchev–Trinajstić information content (AvgIpc) is 2.68. The number of hydrogen-bond acceptors (Lipinski definition) is 4. The van der Waals surface area contributed by atoms with Crippen LogP contribution >= 0.6 is 0 Å². The summed E-state index contributed by atoms with van der Waals surface area (Å²) in [6, 6.07) is 19.1. The number of nitrogen functional groups attached to an aromatic ring is 1. The zero-order valence-electron chi connectivity index (χ0n) is 14.1. The van der Waals surface area contributed by atoms with E-state index in [1.54, 1.807) is 73.1 Å². The highest BCUT2D eigenvalue weighted by Gasteiger charge is 2.42. The monoisotopic (exact) mass is 361 g/mol. The summed E-state index contributed by atoms with van der Waals surface area (Å²) in [7, 11) is 0. The van der Waals surface area contributed by atoms with Gasteiger partial charge >= 0.3 is 11.5 Å². The molecule has 0 aliphatic carbocycles. The molecule has 0 spiro atoms. The first-order valence-electron chi connectivity index (χ1n) is 8.15. The van der Waals surface area contributed by atoms with Gasteiger partial charge in [0.05, 0.1) is 10.3 Å². The maximum atomic E-state index is 13.1. The van der Waals surface area contributed by atoms with Gasteiger partial charge in [0.2, 0.25) is 4.54 Å². The number of nitro groups is 1. The summed E-state index contributed by atoms with van der Waals surface area (Å²) < 4.78 is 3.13. The van der Waals surface area contributed by atoms with Crippen LogP contribution in [0.3, 0.4) is 0 Å². The molecule has 0 fully saturated rings. The van der Waals surface area contributed by atoms with Crippen LogP contribution < -0.4 is 14.8 Å². The summed E-state index contributed by atoms with van der Waals surface area (Å²) in [4.78, 5) is 24.3. The van der Waals surface area contributed by atoms with Crippen LogP contribution in [0, 0.1) is 15.0 Å². The van der Waals surface area contributed by atoms with Crippen LogP contribution in [0.5, 0.6) is 0 Å². The normalized spacial score (nSPS) is 10.8. The molecule has 0 saturated carbocycles. The lowest BCUT2D eigenvalue weighted by atomic mass is 10.1. The van der Waals surface area contributed by atoms with Gasteiger partial charge < -0.3 is 5.73 Å². The van der Waals surface area contributed by atoms with Crippen molar-refractivity contribution in [1.82, 2.24) is 4.68 Å². The molecule has 0 atom stereocenters. The number of aromatic nitrogens is 3. The second-order valence-electron chi connectivity index (χ2n) is 5.91. The molecule has 27 heavy (non-hydrogen) atoms. The molecule has 0 aliphatic heterocycles. The molecular formula is C19H15N5O3+2. The van der Waals surface area contributed by atoms with Crippen molar-refractivity contribution >= 4 is 22.4 Å². The molecule has 2 aromatic carbocycles. The van der Waals surface area contributed by atoms with Gasteiger partial charge in [0.25, 0.3) is 0 Å². The minimum Gasteiger partial charge on any atom is -0.398 e. The molecule has 2 aromatic heterocycles. The number of rotatable bonds is 3. The van der Waals surface area contributed by atoms with Gasteiger partial charge in [-0.15, -0.1) is 0 Å². The quantitative estimate of drug-likeness (QED) is 0.344. The fourth-order valence-electron chi connectivity index (χ4n) is 3.07. The average molecular weight is 361 g/mol. The predicted molar refractivity (Wildman–Crippen MR) is 99.2 cm³/mol. The van der Waals surface area contributed by atoms with Crippen molar-refractivity contribution in [2.45, 2.75) is 0 Å². The highest BCUT2D eigenvalue weighted by molar-refractivity contribution is 5.88. The second-order valence-corrected chi connectivity index (χ2v) is 5.91. The zero-order valence-corrected chi connectivity index (χ0v) is 14.1. The van der Waals surface area contributed by atoms with Crippen molar-refractivity contribution in [3.63, 3.8) is 0 Å². The lowest BCUT2D eigenvalue weighted by molar-refractivity contribution is -0.668. The molecule has 4 rings (SSSR count). The van der Waals surface area contributed by atoms with Gasteiger partial charge in [-0.3, -0.25) is 10.1 Å². The summed E-state index contributed by atoms with van der Waals surface area (Å²) in [6.45, 7) is 0. The van der Waals surface area contributed by atoms with Crippen LogP contribution in [0.15, 0.2) is 79.1 Å². The number of anilines is 1. The Hall–Kier alpha value is -4.07. The fraction of sp³-hybridized carbons (Fsp3) is 0. The van der Waals surface area contributed by atoms with Crippen molar-refractivity contribution < 1.29 is 14.0 Å². The highest BCUT2D eigenvalue weighted by Crippen LogP contribution is 2.25. The Morgan fingerprint density at radius 1 is 0.926 bits per heavy atom. The van der Waals surface area contributed by atoms with E-state index in [4.69, 9.17) is 5.73 Å². The Morgan fingerprint density at radius 3 is 2.22 bits per heavy atom. The molecule has 0 saturated heterocycles. The lowest BCUT2D eigenvalue weighted by Gasteiger charge is -2.04. The summed E-state index contributed by atoms with van der Waals surface area (Å²) in [6.07, 6.45) is 3.19. The summed E-state index contributed by atoms with van der Waals surface area (Å²) in [5, 5.41) is 12.4. The van der Waals surface area contributed by atoms with Gasteiger partial charge in [0, 0.05) is 17.8 Å². The Kier molecular flexibility index (Phi) is 3.85. The molecule has 0 radical (unpaired) electrons. The number of nitrogens with two attached hydrogens (primary N) is 1. The third kappa shape index (κ3) is 2.69. The molecule has 0 aliphatic rings. The van der Waals surface area contributed by atoms with Gasteiger partial charge in [-0.05, 0) is 24.3 Å². The molecule has 4 aromatic rings. The minimum absolute atomic E-state index is 0.179. The van der Waals surface area contributed by atoms with E-state index in [1.807, 2.05) is 6.07 Å². The van der Waals surface area contributed by atoms with E-state index in [9.17, 15) is 15.0 Å². The Morgan fingerprint density at radius 2 is 1.56 bits per heavy atom. The van der Waals surface area contributed by atoms with E-state index in [2.05, 4.69) is 0 Å². The molecular weight excluding hydrogens is 346 g/mol. The maximum absolute atomic E-state index is 13.1. The first-order valence-corrected chi connectivity index (χ1v) is 8.15. The first kappa shape index (κ1) is 16.4. The summed E-state index contributed by atoms with van der Waals surface area (Å²) in [5.41, 5.74) is 7.50. The van der Waals surface area contributed by atoms with Crippen LogP contribution in [-0.2, 0) is 0 Å². The largest absolute Gasteiger partial charge is 0.651 e. The third-order valence-corrected chi connectivity index (χ3v) is 4.25. The van der Waals surface area contributed by atoms with E-state index in [-0.39, 0.29) is 5.69 Å². The molecule has 2 N–H and O–H groups in total. The van der Waals surface area contributed by atoms with Crippen molar-refractivity contribution in [3.8, 4) is 11.4 Å². The van der Waals surface area contributed by atoms with Gasteiger partial charge in [0.15, 0.2) is 12.4 Å². The second kappa shape index (κ2) is 6.34. The van der Waals surface area contributed by atoms with Gasteiger partial charge in [-0.1, -0.05) is 35.0 Å². The maximum Gasteiger partial charge on any atom is 0.651 e. The number of fused-ring (bicyclic) bond motifs is 1. The zero-order chi connectivity index (χ0) is 19.0. The van der Waals surface area contributed by atoms with Crippen LogP contribution in [0.1, 0.15) is 0 Å². The van der Waals surface area contributed by atoms with E-state index >= 15 is 0 Å². The minimum atomic E-state index is -0.669. The Bertz CT molecular complexity index is 1220. The Balaban J connectivity index is 2.20. The topological polar surface area (TPSA) is 101 Å². The van der Waals surface area contributed by atoms with Crippen LogP contribution in [0.4, 0.5) is 11.5 Å². The van der Waals surface area contributed by atoms with Crippen molar-refractivity contribution in [3.05, 3.63) is 94.1 Å². The van der Waals surface area contributed by atoms with E-state index < -0.39 is 10.7 Å². The molecule has 8 nitrogen and oxygen atoms in total. The van der Waals surface area contributed by atoms with Crippen molar-refractivity contribution in [1.29, 1.82) is 0 Å². The van der Waals surface area contributed by atoms with Crippen LogP contribution in [0.2, 0.25) is 0 Å². The molecule has 132 valence electrons. The van der Waals surface area contributed by atoms with Gasteiger partial charge in [0.1, 0.15) is 16.1 Å². The number of benzene rings is 2. The van der Waals surface area contributed by atoms with E-state index in [1.165, 1.54) is 9.25 Å². The fourth-order valence-corrected chi connectivity index (χ4v) is 3.07. The smallest absolute Gasteiger partial charge is 0.398 e. The number of pyridine rings is 1. The van der Waals surface area contributed by atoms with Gasteiger partial charge in [-0.2, -0.15) is 4.57 Å².